The van der Waals surface area contributed by atoms with Gasteiger partial charge in [0.2, 0.25) is 12.3 Å². The van der Waals surface area contributed by atoms with Crippen LogP contribution in [0.1, 0.15) is 23.8 Å². The maximum Gasteiger partial charge on any atom is 0.224 e. The third-order valence-electron chi connectivity index (χ3n) is 2.20. The summed E-state index contributed by atoms with van der Waals surface area (Å²) in [5.74, 6) is 3.19. The van der Waals surface area contributed by atoms with Gasteiger partial charge < -0.3 is 4.42 Å². The van der Waals surface area contributed by atoms with Crippen LogP contribution >= 0.6 is 0 Å². The normalized spacial score (nSPS) is 11.9. The van der Waals surface area contributed by atoms with Gasteiger partial charge in [0.15, 0.2) is 0 Å². The first-order chi connectivity index (χ1) is 7.42. The smallest absolute Gasteiger partial charge is 0.224 e. The fraction of sp³-hybridized carbons (Fsp3) is 0.167. The summed E-state index contributed by atoms with van der Waals surface area (Å²) < 4.78 is 5.18. The molecule has 0 aliphatic heterocycles. The third-order valence-corrected chi connectivity index (χ3v) is 2.20. The Morgan fingerprint density at radius 2 is 2.13 bits per heavy atom. The molecule has 74 valence electrons. The molecule has 0 saturated carbocycles. The van der Waals surface area contributed by atoms with Gasteiger partial charge in [-0.05, 0) is 5.56 Å². The second-order valence-corrected chi connectivity index (χ2v) is 3.15. The topological polar surface area (TPSA) is 38.9 Å². The highest BCUT2D eigenvalue weighted by Crippen LogP contribution is 2.25. The van der Waals surface area contributed by atoms with Gasteiger partial charge in [0, 0.05) is 6.42 Å². The molecule has 0 radical (unpaired) electrons. The molecule has 2 aromatic rings. The summed E-state index contributed by atoms with van der Waals surface area (Å²) in [4.78, 5) is 0. The van der Waals surface area contributed by atoms with Crippen LogP contribution in [0.2, 0.25) is 0 Å². The molecule has 2 rings (SSSR count). The number of rotatable bonds is 3. The van der Waals surface area contributed by atoms with Crippen molar-refractivity contribution >= 4 is 0 Å². The number of hydrogen-bond acceptors (Lipinski definition) is 3. The minimum absolute atomic E-state index is 0.00120. The molecular formula is C12H10N2O. The summed E-state index contributed by atoms with van der Waals surface area (Å²) in [5.41, 5.74) is 1.10. The van der Waals surface area contributed by atoms with Gasteiger partial charge in [-0.3, -0.25) is 0 Å². The summed E-state index contributed by atoms with van der Waals surface area (Å²) in [6.07, 6.45) is 7.22. The van der Waals surface area contributed by atoms with Crippen molar-refractivity contribution < 1.29 is 4.42 Å². The molecule has 0 saturated heterocycles. The molecule has 0 fully saturated rings. The maximum atomic E-state index is 5.33. The van der Waals surface area contributed by atoms with Gasteiger partial charge >= 0.3 is 0 Å². The van der Waals surface area contributed by atoms with E-state index >= 15 is 0 Å². The summed E-state index contributed by atoms with van der Waals surface area (Å²) in [6.45, 7) is 0. The molecule has 1 heterocycles. The zero-order chi connectivity index (χ0) is 10.5. The molecule has 1 atom stereocenters. The quantitative estimate of drug-likeness (QED) is 0.710. The van der Waals surface area contributed by atoms with E-state index in [1.165, 1.54) is 6.39 Å². The number of nitrogens with zero attached hydrogens (tertiary/aromatic N) is 2. The first-order valence-corrected chi connectivity index (χ1v) is 4.66. The van der Waals surface area contributed by atoms with Crippen LogP contribution in [0.3, 0.4) is 0 Å². The van der Waals surface area contributed by atoms with Crippen LogP contribution in [0.15, 0.2) is 41.1 Å². The zero-order valence-corrected chi connectivity index (χ0v) is 8.13. The van der Waals surface area contributed by atoms with Crippen molar-refractivity contribution in [2.24, 2.45) is 0 Å². The minimum atomic E-state index is -0.00120. The van der Waals surface area contributed by atoms with E-state index in [2.05, 4.69) is 16.1 Å². The average Bonchev–Trinajstić information content (AvgIpc) is 2.80. The van der Waals surface area contributed by atoms with Crippen LogP contribution in [0.5, 0.6) is 0 Å². The predicted molar refractivity (Wildman–Crippen MR) is 56.0 cm³/mol. The van der Waals surface area contributed by atoms with Crippen LogP contribution in [0.25, 0.3) is 0 Å². The van der Waals surface area contributed by atoms with Gasteiger partial charge in [-0.25, -0.2) is 0 Å². The van der Waals surface area contributed by atoms with Crippen molar-refractivity contribution in [2.75, 3.05) is 0 Å². The average molecular weight is 198 g/mol. The lowest BCUT2D eigenvalue weighted by Crippen LogP contribution is -2.00. The lowest BCUT2D eigenvalue weighted by atomic mass is 9.96. The zero-order valence-electron chi connectivity index (χ0n) is 8.13. The molecular weight excluding hydrogens is 188 g/mol. The van der Waals surface area contributed by atoms with Crippen LogP contribution in [0.4, 0.5) is 0 Å². The molecule has 0 bridgehead atoms. The lowest BCUT2D eigenvalue weighted by molar-refractivity contribution is 0.471. The monoisotopic (exact) mass is 198 g/mol. The summed E-state index contributed by atoms with van der Waals surface area (Å²) in [5, 5.41) is 7.56. The highest BCUT2D eigenvalue weighted by atomic mass is 16.4. The van der Waals surface area contributed by atoms with Crippen LogP contribution in [0, 0.1) is 12.3 Å². The number of hydrogen-bond donors (Lipinski definition) is 0. The Balaban J connectivity index is 2.33. The molecule has 15 heavy (non-hydrogen) atoms. The van der Waals surface area contributed by atoms with Crippen molar-refractivity contribution in [1.82, 2.24) is 10.2 Å². The van der Waals surface area contributed by atoms with E-state index in [-0.39, 0.29) is 5.92 Å². The maximum absolute atomic E-state index is 5.33. The molecule has 3 heteroatoms. The van der Waals surface area contributed by atoms with E-state index in [4.69, 9.17) is 10.8 Å². The van der Waals surface area contributed by atoms with E-state index < -0.39 is 0 Å². The fourth-order valence-corrected chi connectivity index (χ4v) is 1.48. The lowest BCUT2D eigenvalue weighted by Gasteiger charge is -2.09. The molecule has 0 N–H and O–H groups in total. The van der Waals surface area contributed by atoms with Gasteiger partial charge in [0.25, 0.3) is 0 Å². The SMILES string of the molecule is C#CCC(c1ccccc1)c1nnco1. The van der Waals surface area contributed by atoms with E-state index in [9.17, 15) is 0 Å². The highest BCUT2D eigenvalue weighted by Gasteiger charge is 2.17. The van der Waals surface area contributed by atoms with E-state index in [0.29, 0.717) is 12.3 Å². The van der Waals surface area contributed by atoms with Gasteiger partial charge in [-0.2, -0.15) is 0 Å². The van der Waals surface area contributed by atoms with Gasteiger partial charge in [-0.1, -0.05) is 30.3 Å². The second kappa shape index (κ2) is 4.43. The van der Waals surface area contributed by atoms with Crippen molar-refractivity contribution in [3.8, 4) is 12.3 Å². The highest BCUT2D eigenvalue weighted by molar-refractivity contribution is 5.25. The Labute approximate surface area is 88.1 Å². The molecule has 0 spiro atoms. The van der Waals surface area contributed by atoms with Crippen LogP contribution in [-0.2, 0) is 0 Å². The van der Waals surface area contributed by atoms with Gasteiger partial charge in [-0.15, -0.1) is 22.5 Å². The molecule has 0 amide bonds. The Kier molecular flexibility index (Phi) is 2.80. The molecule has 1 aromatic heterocycles. The van der Waals surface area contributed by atoms with Gasteiger partial charge in [0.1, 0.15) is 0 Å². The number of aromatic nitrogens is 2. The van der Waals surface area contributed by atoms with Crippen molar-refractivity contribution in [3.05, 3.63) is 48.2 Å². The summed E-state index contributed by atoms with van der Waals surface area (Å²) in [7, 11) is 0. The predicted octanol–water partition coefficient (Wildman–Crippen LogP) is 2.22. The van der Waals surface area contributed by atoms with Crippen LogP contribution < -0.4 is 0 Å². The summed E-state index contributed by atoms with van der Waals surface area (Å²) >= 11 is 0. The number of benzene rings is 1. The molecule has 1 aromatic carbocycles. The standard InChI is InChI=1S/C12H10N2O/c1-2-6-11(12-14-13-9-15-12)10-7-4-3-5-8-10/h1,3-5,7-9,11H,6H2. The Hall–Kier alpha value is -2.08. The second-order valence-electron chi connectivity index (χ2n) is 3.15. The van der Waals surface area contributed by atoms with E-state index in [1.807, 2.05) is 30.3 Å². The Morgan fingerprint density at radius 1 is 1.33 bits per heavy atom. The number of terminal acetylenes is 1. The fourth-order valence-electron chi connectivity index (χ4n) is 1.48. The Morgan fingerprint density at radius 3 is 2.73 bits per heavy atom. The van der Waals surface area contributed by atoms with Crippen molar-refractivity contribution in [3.63, 3.8) is 0 Å². The van der Waals surface area contributed by atoms with E-state index in [0.717, 1.165) is 5.56 Å². The molecule has 0 aliphatic rings. The first kappa shape index (κ1) is 9.47. The van der Waals surface area contributed by atoms with E-state index in [1.54, 1.807) is 0 Å². The molecule has 1 unspecified atom stereocenters. The first-order valence-electron chi connectivity index (χ1n) is 4.66. The summed E-state index contributed by atoms with van der Waals surface area (Å²) in [6, 6.07) is 9.91. The molecule has 0 aliphatic carbocycles. The van der Waals surface area contributed by atoms with Crippen molar-refractivity contribution in [1.29, 1.82) is 0 Å². The van der Waals surface area contributed by atoms with Crippen molar-refractivity contribution in [2.45, 2.75) is 12.3 Å². The molecule has 3 nitrogen and oxygen atoms in total. The third kappa shape index (κ3) is 2.05. The minimum Gasteiger partial charge on any atom is -0.427 e. The largest absolute Gasteiger partial charge is 0.427 e. The Bertz CT molecular complexity index is 442. The van der Waals surface area contributed by atoms with Crippen LogP contribution in [-0.4, -0.2) is 10.2 Å². The van der Waals surface area contributed by atoms with Gasteiger partial charge in [0.05, 0.1) is 5.92 Å².